The van der Waals surface area contributed by atoms with Gasteiger partial charge >= 0.3 is 19.4 Å². The Labute approximate surface area is 229 Å². The highest BCUT2D eigenvalue weighted by Crippen LogP contribution is 2.57. The van der Waals surface area contributed by atoms with Crippen LogP contribution in [0.3, 0.4) is 0 Å². The van der Waals surface area contributed by atoms with Crippen LogP contribution in [0.25, 0.3) is 0 Å². The van der Waals surface area contributed by atoms with Crippen molar-refractivity contribution in [2.45, 2.75) is 81.8 Å². The molecule has 13 nitrogen and oxygen atoms in total. The van der Waals surface area contributed by atoms with Crippen molar-refractivity contribution in [3.63, 3.8) is 0 Å². The number of para-hydroxylation sites is 1. The van der Waals surface area contributed by atoms with Crippen molar-refractivity contribution < 1.29 is 42.9 Å². The number of ether oxygens (including phenoxy) is 1. The minimum atomic E-state index is -4.66. The summed E-state index contributed by atoms with van der Waals surface area (Å²) in [5.74, 6) is -4.54. The number of carbonyl (C=O) groups is 1. The number of anilines is 1. The van der Waals surface area contributed by atoms with Gasteiger partial charge in [0.1, 0.15) is 35.9 Å². The summed E-state index contributed by atoms with van der Waals surface area (Å²) in [5.41, 5.74) is 2.16. The molecule has 0 spiro atoms. The number of alkyl halides is 1. The Hall–Kier alpha value is -2.87. The first-order chi connectivity index (χ1) is 18.8. The molecule has 2 aliphatic rings. The summed E-state index contributed by atoms with van der Waals surface area (Å²) >= 11 is 0. The Morgan fingerprint density at radius 2 is 1.95 bits per heavy atom. The van der Waals surface area contributed by atoms with Gasteiger partial charge in [-0.25, -0.2) is 13.8 Å². The van der Waals surface area contributed by atoms with E-state index in [1.165, 1.54) is 25.1 Å². The number of nitrogens with zero attached hydrogens (tertiary/aromatic N) is 3. The summed E-state index contributed by atoms with van der Waals surface area (Å²) in [6.07, 6.45) is 0.495. The first-order valence-electron chi connectivity index (χ1n) is 12.9. The maximum atomic E-state index is 16.3. The van der Waals surface area contributed by atoms with Gasteiger partial charge in [-0.3, -0.25) is 13.9 Å². The number of aliphatic carboxylic acids is 1. The molecule has 0 radical (unpaired) electrons. The van der Waals surface area contributed by atoms with Gasteiger partial charge in [-0.15, -0.1) is 0 Å². The van der Waals surface area contributed by atoms with Gasteiger partial charge in [0.05, 0.1) is 0 Å². The van der Waals surface area contributed by atoms with E-state index >= 15 is 4.39 Å². The molecule has 0 amide bonds. The number of carboxylic acid groups (broad SMARTS) is 1. The van der Waals surface area contributed by atoms with E-state index in [1.54, 1.807) is 18.2 Å². The van der Waals surface area contributed by atoms with Crippen molar-refractivity contribution in [2.24, 2.45) is 0 Å². The third-order valence-corrected chi connectivity index (χ3v) is 9.38. The molecule has 1 aromatic heterocycles. The number of hydrogen-bond acceptors (Lipinski definition) is 10. The fraction of sp³-hybridized carbons (Fsp3) is 0.560. The monoisotopic (exact) mass is 584 g/mol. The molecule has 1 saturated heterocycles. The summed E-state index contributed by atoms with van der Waals surface area (Å²) in [4.78, 5) is 28.0. The first kappa shape index (κ1) is 30.1. The van der Waals surface area contributed by atoms with Crippen LogP contribution in [0.4, 0.5) is 10.2 Å². The SMILES string of the molecule is C[C@@H](C(=O)O)N(C1CCCCC1)[P@](=O)(OC[C@@]1(F)O[C@@H](n2ccc(N)nc2=O)[C@](C)(O)[C@@H]1O)Oc1ccccc1. The van der Waals surface area contributed by atoms with Gasteiger partial charge in [0.2, 0.25) is 0 Å². The number of rotatable bonds is 10. The lowest BCUT2D eigenvalue weighted by Gasteiger charge is -2.40. The molecule has 220 valence electrons. The van der Waals surface area contributed by atoms with Crippen molar-refractivity contribution >= 4 is 19.5 Å². The van der Waals surface area contributed by atoms with Gasteiger partial charge in [0.25, 0.3) is 5.85 Å². The van der Waals surface area contributed by atoms with Crippen molar-refractivity contribution in [1.29, 1.82) is 0 Å². The minimum absolute atomic E-state index is 0.0782. The van der Waals surface area contributed by atoms with Crippen LogP contribution in [0.5, 0.6) is 5.75 Å². The van der Waals surface area contributed by atoms with E-state index < -0.39 is 61.9 Å². The van der Waals surface area contributed by atoms with Crippen LogP contribution in [-0.2, 0) is 18.6 Å². The van der Waals surface area contributed by atoms with Gasteiger partial charge in [-0.2, -0.15) is 9.65 Å². The molecule has 2 heterocycles. The molecule has 6 atom stereocenters. The molecule has 1 aliphatic heterocycles. The van der Waals surface area contributed by atoms with E-state index in [1.807, 2.05) is 0 Å². The Balaban J connectivity index is 1.69. The lowest BCUT2D eigenvalue weighted by Crippen LogP contribution is -2.50. The minimum Gasteiger partial charge on any atom is -0.480 e. The highest BCUT2D eigenvalue weighted by molar-refractivity contribution is 7.51. The molecule has 1 aliphatic carbocycles. The van der Waals surface area contributed by atoms with Crippen LogP contribution in [0, 0.1) is 0 Å². The Morgan fingerprint density at radius 1 is 1.30 bits per heavy atom. The predicted octanol–water partition coefficient (Wildman–Crippen LogP) is 2.44. The summed E-state index contributed by atoms with van der Waals surface area (Å²) < 4.78 is 49.4. The highest BCUT2D eigenvalue weighted by Gasteiger charge is 2.64. The average Bonchev–Trinajstić information content (AvgIpc) is 3.09. The second-order valence-electron chi connectivity index (χ2n) is 10.3. The van der Waals surface area contributed by atoms with Crippen LogP contribution < -0.4 is 15.9 Å². The predicted molar refractivity (Wildman–Crippen MR) is 140 cm³/mol. The van der Waals surface area contributed by atoms with Gasteiger partial charge in [0, 0.05) is 12.2 Å². The van der Waals surface area contributed by atoms with E-state index in [4.69, 9.17) is 19.5 Å². The summed E-state index contributed by atoms with van der Waals surface area (Å²) in [5, 5.41) is 31.6. The molecule has 0 bridgehead atoms. The van der Waals surface area contributed by atoms with E-state index in [0.717, 1.165) is 41.6 Å². The molecule has 1 saturated carbocycles. The number of aliphatic hydroxyl groups is 2. The topological polar surface area (TPSA) is 187 Å². The van der Waals surface area contributed by atoms with E-state index in [9.17, 15) is 29.5 Å². The largest absolute Gasteiger partial charge is 0.480 e. The smallest absolute Gasteiger partial charge is 0.462 e. The van der Waals surface area contributed by atoms with E-state index in [-0.39, 0.29) is 11.6 Å². The molecule has 0 unspecified atom stereocenters. The molecular weight excluding hydrogens is 550 g/mol. The first-order valence-corrected chi connectivity index (χ1v) is 14.4. The molecule has 2 fully saturated rings. The molecule has 2 aromatic rings. The zero-order valence-electron chi connectivity index (χ0n) is 22.1. The third-order valence-electron chi connectivity index (χ3n) is 7.25. The maximum absolute atomic E-state index is 16.3. The van der Waals surface area contributed by atoms with Crippen LogP contribution in [-0.4, -0.2) is 71.8 Å². The Bertz CT molecular complexity index is 1310. The number of aromatic nitrogens is 2. The van der Waals surface area contributed by atoms with Gasteiger partial charge in [-0.1, -0.05) is 37.5 Å². The second kappa shape index (κ2) is 11.6. The maximum Gasteiger partial charge on any atom is 0.462 e. The zero-order chi connectivity index (χ0) is 29.3. The third kappa shape index (κ3) is 5.92. The van der Waals surface area contributed by atoms with Crippen molar-refractivity contribution in [3.8, 4) is 5.75 Å². The molecule has 5 N–H and O–H groups in total. The summed E-state index contributed by atoms with van der Waals surface area (Å²) in [6, 6.07) is 7.21. The van der Waals surface area contributed by atoms with Gasteiger partial charge < -0.3 is 30.3 Å². The van der Waals surface area contributed by atoms with Gasteiger partial charge in [-0.05, 0) is 44.9 Å². The normalized spacial score (nSPS) is 29.6. The number of aliphatic hydroxyl groups excluding tert-OH is 1. The fourth-order valence-electron chi connectivity index (χ4n) is 5.11. The number of carboxylic acids is 1. The number of nitrogens with two attached hydrogens (primary N) is 1. The molecular formula is C25H34FN4O9P. The highest BCUT2D eigenvalue weighted by atomic mass is 31.2. The van der Waals surface area contributed by atoms with Crippen molar-refractivity contribution in [2.75, 3.05) is 12.3 Å². The standard InChI is InChI=1S/C25H34FN4O9P/c1-16(20(31)32)30(17-9-5-3-6-10-17)40(36,39-18-11-7-4-8-12-18)37-15-25(26)21(33)24(2,35)22(38-25)29-14-13-19(27)28-23(29)34/h4,7-8,11-14,16-17,21-22,33,35H,3,5-6,9-10,15H2,1-2H3,(H,31,32)(H2,27,28,34)/t16-,21-,22+,24+,25+,40-/m0/s1. The lowest BCUT2D eigenvalue weighted by molar-refractivity contribution is -0.204. The lowest BCUT2D eigenvalue weighted by atomic mass is 9.95. The quantitative estimate of drug-likeness (QED) is 0.299. The number of halogens is 1. The zero-order valence-corrected chi connectivity index (χ0v) is 23.0. The van der Waals surface area contributed by atoms with Crippen LogP contribution in [0.15, 0.2) is 47.4 Å². The number of hydrogen-bond donors (Lipinski definition) is 4. The summed E-state index contributed by atoms with van der Waals surface area (Å²) in [6.45, 7) is 1.14. The number of benzene rings is 1. The summed E-state index contributed by atoms with van der Waals surface area (Å²) in [7, 11) is -4.66. The van der Waals surface area contributed by atoms with E-state index in [2.05, 4.69) is 4.98 Å². The van der Waals surface area contributed by atoms with Crippen LogP contribution in [0.2, 0.25) is 0 Å². The van der Waals surface area contributed by atoms with Gasteiger partial charge in [0.15, 0.2) is 6.23 Å². The fourth-order valence-corrected chi connectivity index (χ4v) is 7.27. The van der Waals surface area contributed by atoms with Crippen LogP contribution in [0.1, 0.15) is 52.2 Å². The molecule has 15 heteroatoms. The van der Waals surface area contributed by atoms with E-state index in [0.29, 0.717) is 12.8 Å². The number of nitrogen functional groups attached to an aromatic ring is 1. The molecule has 1 aromatic carbocycles. The molecule has 4 rings (SSSR count). The van der Waals surface area contributed by atoms with Crippen LogP contribution >= 0.6 is 7.75 Å². The van der Waals surface area contributed by atoms with Crippen molar-refractivity contribution in [1.82, 2.24) is 14.2 Å². The average molecular weight is 585 g/mol. The van der Waals surface area contributed by atoms with Crippen molar-refractivity contribution in [3.05, 3.63) is 53.1 Å². The molecule has 40 heavy (non-hydrogen) atoms. The second-order valence-corrected chi connectivity index (χ2v) is 12.1. The Morgan fingerprint density at radius 3 is 2.55 bits per heavy atom. The Kier molecular flexibility index (Phi) is 8.69.